The Labute approximate surface area is 183 Å². The van der Waals surface area contributed by atoms with Gasteiger partial charge in [-0.05, 0) is 17.7 Å². The van der Waals surface area contributed by atoms with E-state index in [1.165, 1.54) is 0 Å². The molecule has 0 spiro atoms. The Morgan fingerprint density at radius 3 is 2.23 bits per heavy atom. The van der Waals surface area contributed by atoms with Gasteiger partial charge in [0.25, 0.3) is 5.91 Å². The van der Waals surface area contributed by atoms with Gasteiger partial charge in [-0.25, -0.2) is 0 Å². The van der Waals surface area contributed by atoms with Gasteiger partial charge in [0.05, 0.1) is 32.4 Å². The zero-order valence-corrected chi connectivity index (χ0v) is 18.3. The summed E-state index contributed by atoms with van der Waals surface area (Å²) in [6.07, 6.45) is 1.81. The number of methoxy groups -OCH3 is 3. The van der Waals surface area contributed by atoms with Gasteiger partial charge < -0.3 is 19.1 Å². The van der Waals surface area contributed by atoms with Gasteiger partial charge in [0.1, 0.15) is 11.4 Å². The van der Waals surface area contributed by atoms with Crippen LogP contribution in [0.1, 0.15) is 15.9 Å². The molecule has 2 aromatic carbocycles. The van der Waals surface area contributed by atoms with Crippen LogP contribution < -0.4 is 4.74 Å². The molecule has 0 N–H and O–H groups in total. The second-order valence-corrected chi connectivity index (χ2v) is 7.05. The minimum atomic E-state index is -0.116. The Balaban J connectivity index is 2.02. The summed E-state index contributed by atoms with van der Waals surface area (Å²) in [7, 11) is 4.86. The van der Waals surface area contributed by atoms with Gasteiger partial charge in [0.2, 0.25) is 0 Å². The van der Waals surface area contributed by atoms with Gasteiger partial charge in [-0.2, -0.15) is 5.10 Å². The smallest absolute Gasteiger partial charge is 0.257 e. The molecule has 3 rings (SSSR count). The van der Waals surface area contributed by atoms with Crippen molar-refractivity contribution in [3.63, 3.8) is 0 Å². The number of ether oxygens (including phenoxy) is 3. The Hall–Kier alpha value is -3.16. The number of rotatable bonds is 11. The summed E-state index contributed by atoms with van der Waals surface area (Å²) in [6, 6.07) is 17.6. The molecule has 0 aliphatic carbocycles. The molecule has 3 aromatic rings. The van der Waals surface area contributed by atoms with Gasteiger partial charge in [-0.15, -0.1) is 0 Å². The number of carbonyl (C=O) groups is 1. The molecule has 0 radical (unpaired) electrons. The Morgan fingerprint density at radius 2 is 1.58 bits per heavy atom. The Bertz CT molecular complexity index is 964. The van der Waals surface area contributed by atoms with Gasteiger partial charge in [0.15, 0.2) is 0 Å². The number of benzene rings is 2. The molecule has 1 aromatic heterocycles. The summed E-state index contributed by atoms with van der Waals surface area (Å²) in [6.45, 7) is 2.38. The molecule has 0 fully saturated rings. The van der Waals surface area contributed by atoms with Crippen molar-refractivity contribution in [1.82, 2.24) is 14.7 Å². The fourth-order valence-electron chi connectivity index (χ4n) is 3.36. The van der Waals surface area contributed by atoms with Crippen LogP contribution in [0.15, 0.2) is 60.8 Å². The molecule has 0 unspecified atom stereocenters. The minimum Gasteiger partial charge on any atom is -0.496 e. The standard InChI is InChI=1S/C24H29N3O4/c1-29-15-13-26(14-16-30-2)24(28)21-18-27(17-19-9-5-4-6-10-19)25-23(21)20-11-7-8-12-22(20)31-3/h4-12,18H,13-17H2,1-3H3. The van der Waals surface area contributed by atoms with Crippen molar-refractivity contribution >= 4 is 5.91 Å². The van der Waals surface area contributed by atoms with E-state index in [0.29, 0.717) is 49.9 Å². The zero-order chi connectivity index (χ0) is 22.1. The molecular formula is C24H29N3O4. The number of amides is 1. The van der Waals surface area contributed by atoms with E-state index in [2.05, 4.69) is 0 Å². The second-order valence-electron chi connectivity index (χ2n) is 7.05. The summed E-state index contributed by atoms with van der Waals surface area (Å²) in [5.74, 6) is 0.552. The van der Waals surface area contributed by atoms with Crippen LogP contribution in [0.5, 0.6) is 5.75 Å². The molecule has 31 heavy (non-hydrogen) atoms. The molecule has 0 saturated heterocycles. The fraction of sp³-hybridized carbons (Fsp3) is 0.333. The van der Waals surface area contributed by atoms with Crippen LogP contribution in [0.3, 0.4) is 0 Å². The predicted molar refractivity (Wildman–Crippen MR) is 119 cm³/mol. The van der Waals surface area contributed by atoms with Gasteiger partial charge in [0, 0.05) is 39.1 Å². The first-order valence-corrected chi connectivity index (χ1v) is 10.2. The molecule has 0 aliphatic rings. The highest BCUT2D eigenvalue weighted by Gasteiger charge is 2.24. The van der Waals surface area contributed by atoms with E-state index in [1.807, 2.05) is 60.8 Å². The van der Waals surface area contributed by atoms with E-state index in [9.17, 15) is 4.79 Å². The molecule has 0 atom stereocenters. The maximum atomic E-state index is 13.5. The predicted octanol–water partition coefficient (Wildman–Crippen LogP) is 3.34. The number of para-hydroxylation sites is 1. The number of carbonyl (C=O) groups excluding carboxylic acids is 1. The Morgan fingerprint density at radius 1 is 0.935 bits per heavy atom. The van der Waals surface area contributed by atoms with Gasteiger partial charge in [-0.1, -0.05) is 42.5 Å². The quantitative estimate of drug-likeness (QED) is 0.473. The average molecular weight is 424 g/mol. The molecule has 0 bridgehead atoms. The summed E-state index contributed by atoms with van der Waals surface area (Å²) in [4.78, 5) is 15.3. The van der Waals surface area contributed by atoms with Crippen LogP contribution in [-0.2, 0) is 16.0 Å². The summed E-state index contributed by atoms with van der Waals surface area (Å²) in [5, 5.41) is 4.78. The van der Waals surface area contributed by atoms with Crippen LogP contribution in [0.4, 0.5) is 0 Å². The van der Waals surface area contributed by atoms with Crippen molar-refractivity contribution in [2.24, 2.45) is 0 Å². The summed E-state index contributed by atoms with van der Waals surface area (Å²) in [5.41, 5.74) is 3.00. The highest BCUT2D eigenvalue weighted by atomic mass is 16.5. The van der Waals surface area contributed by atoms with E-state index in [1.54, 1.807) is 30.9 Å². The third-order valence-electron chi connectivity index (χ3n) is 4.96. The molecule has 0 saturated carbocycles. The second kappa shape index (κ2) is 11.3. The third kappa shape index (κ3) is 5.71. The maximum absolute atomic E-state index is 13.5. The molecule has 7 heteroatoms. The van der Waals surface area contributed by atoms with E-state index < -0.39 is 0 Å². The topological polar surface area (TPSA) is 65.8 Å². The molecule has 1 amide bonds. The largest absolute Gasteiger partial charge is 0.496 e. The molecule has 7 nitrogen and oxygen atoms in total. The number of hydrogen-bond donors (Lipinski definition) is 0. The fourth-order valence-corrected chi connectivity index (χ4v) is 3.36. The third-order valence-corrected chi connectivity index (χ3v) is 4.96. The highest BCUT2D eigenvalue weighted by Crippen LogP contribution is 2.31. The number of nitrogens with zero attached hydrogens (tertiary/aromatic N) is 3. The van der Waals surface area contributed by atoms with Crippen LogP contribution in [0.25, 0.3) is 11.3 Å². The average Bonchev–Trinajstić information content (AvgIpc) is 3.23. The van der Waals surface area contributed by atoms with Gasteiger partial charge >= 0.3 is 0 Å². The Kier molecular flexibility index (Phi) is 8.20. The normalized spacial score (nSPS) is 10.8. The molecule has 0 aliphatic heterocycles. The SMILES string of the molecule is COCCN(CCOC)C(=O)c1cn(Cc2ccccc2)nc1-c1ccccc1OC. The van der Waals surface area contributed by atoms with E-state index >= 15 is 0 Å². The lowest BCUT2D eigenvalue weighted by molar-refractivity contribution is 0.0628. The van der Waals surface area contributed by atoms with E-state index in [-0.39, 0.29) is 5.91 Å². The lowest BCUT2D eigenvalue weighted by atomic mass is 10.1. The van der Waals surface area contributed by atoms with Crippen LogP contribution >= 0.6 is 0 Å². The summed E-state index contributed by atoms with van der Waals surface area (Å²) >= 11 is 0. The van der Waals surface area contributed by atoms with Crippen molar-refractivity contribution in [2.75, 3.05) is 47.6 Å². The highest BCUT2D eigenvalue weighted by molar-refractivity contribution is 6.00. The van der Waals surface area contributed by atoms with Crippen molar-refractivity contribution in [2.45, 2.75) is 6.54 Å². The van der Waals surface area contributed by atoms with Crippen molar-refractivity contribution in [1.29, 1.82) is 0 Å². The first kappa shape index (κ1) is 22.5. The van der Waals surface area contributed by atoms with Gasteiger partial charge in [-0.3, -0.25) is 9.48 Å². The lowest BCUT2D eigenvalue weighted by Gasteiger charge is -2.22. The minimum absolute atomic E-state index is 0.116. The molecule has 1 heterocycles. The lowest BCUT2D eigenvalue weighted by Crippen LogP contribution is -2.36. The number of hydrogen-bond acceptors (Lipinski definition) is 5. The first-order valence-electron chi connectivity index (χ1n) is 10.2. The first-order chi connectivity index (χ1) is 15.2. The van der Waals surface area contributed by atoms with Crippen LogP contribution in [-0.4, -0.2) is 68.2 Å². The van der Waals surface area contributed by atoms with Crippen molar-refractivity contribution < 1.29 is 19.0 Å². The zero-order valence-electron chi connectivity index (χ0n) is 18.3. The summed E-state index contributed by atoms with van der Waals surface area (Å²) < 4.78 is 17.7. The maximum Gasteiger partial charge on any atom is 0.257 e. The molecular weight excluding hydrogens is 394 g/mol. The van der Waals surface area contributed by atoms with E-state index in [4.69, 9.17) is 19.3 Å². The van der Waals surface area contributed by atoms with E-state index in [0.717, 1.165) is 11.1 Å². The van der Waals surface area contributed by atoms with Crippen molar-refractivity contribution in [3.8, 4) is 17.0 Å². The van der Waals surface area contributed by atoms with Crippen LogP contribution in [0, 0.1) is 0 Å². The van der Waals surface area contributed by atoms with Crippen LogP contribution in [0.2, 0.25) is 0 Å². The number of aromatic nitrogens is 2. The monoisotopic (exact) mass is 423 g/mol. The van der Waals surface area contributed by atoms with Crippen molar-refractivity contribution in [3.05, 3.63) is 71.9 Å². The molecule has 164 valence electrons.